The van der Waals surface area contributed by atoms with Crippen molar-refractivity contribution in [2.24, 2.45) is 0 Å². The Balaban J connectivity index is 1.50. The number of nitrogens with zero attached hydrogens (tertiary/aromatic N) is 1. The fraction of sp³-hybridized carbons (Fsp3) is 0.450. The Morgan fingerprint density at radius 2 is 1.89 bits per heavy atom. The first-order chi connectivity index (χ1) is 13.5. The van der Waals surface area contributed by atoms with Gasteiger partial charge in [-0.2, -0.15) is 0 Å². The minimum atomic E-state index is -3.53. The first kappa shape index (κ1) is 20.6. The van der Waals surface area contributed by atoms with Crippen LogP contribution >= 0.6 is 0 Å². The number of amides is 1. The molecule has 1 aromatic carbocycles. The number of sulfone groups is 1. The molecule has 1 saturated heterocycles. The van der Waals surface area contributed by atoms with Crippen molar-refractivity contribution >= 4 is 15.7 Å². The third-order valence-corrected chi connectivity index (χ3v) is 6.48. The molecule has 0 atom stereocenters. The molecule has 0 radical (unpaired) electrons. The molecule has 2 heterocycles. The molecule has 8 heteroatoms. The lowest BCUT2D eigenvalue weighted by atomic mass is 10.2. The van der Waals surface area contributed by atoms with Crippen LogP contribution in [0.2, 0.25) is 0 Å². The zero-order chi connectivity index (χ0) is 20.0. The fourth-order valence-electron chi connectivity index (χ4n) is 3.16. The average molecular weight is 407 g/mol. The zero-order valence-electron chi connectivity index (χ0n) is 16.0. The second-order valence-corrected chi connectivity index (χ2v) is 8.81. The van der Waals surface area contributed by atoms with Crippen LogP contribution < -0.4 is 5.32 Å². The van der Waals surface area contributed by atoms with Gasteiger partial charge in [0.1, 0.15) is 11.5 Å². The number of morpholine rings is 1. The van der Waals surface area contributed by atoms with Gasteiger partial charge in [-0.1, -0.05) is 18.2 Å². The van der Waals surface area contributed by atoms with Gasteiger partial charge < -0.3 is 14.5 Å². The smallest absolute Gasteiger partial charge is 0.286 e. The molecule has 152 valence electrons. The minimum absolute atomic E-state index is 0.126. The topological polar surface area (TPSA) is 88.9 Å². The van der Waals surface area contributed by atoms with Gasteiger partial charge in [0.25, 0.3) is 5.91 Å². The van der Waals surface area contributed by atoms with Crippen molar-refractivity contribution in [1.29, 1.82) is 0 Å². The highest BCUT2D eigenvalue weighted by Gasteiger charge is 2.20. The van der Waals surface area contributed by atoms with Gasteiger partial charge in [0.2, 0.25) is 0 Å². The van der Waals surface area contributed by atoms with Crippen LogP contribution in [-0.4, -0.2) is 58.6 Å². The average Bonchev–Trinajstić information content (AvgIpc) is 3.14. The molecule has 1 N–H and O–H groups in total. The SMILES string of the molecule is Cc1ccccc1S(=O)(=O)Cc1ccc(C(=O)NCCCN2CCOCC2)o1. The molecular formula is C20H26N2O5S. The summed E-state index contributed by atoms with van der Waals surface area (Å²) in [4.78, 5) is 14.8. The van der Waals surface area contributed by atoms with E-state index in [-0.39, 0.29) is 28.1 Å². The van der Waals surface area contributed by atoms with Gasteiger partial charge in [-0.15, -0.1) is 0 Å². The lowest BCUT2D eigenvalue weighted by Gasteiger charge is -2.26. The van der Waals surface area contributed by atoms with Crippen LogP contribution in [0.1, 0.15) is 28.3 Å². The number of hydrogen-bond donors (Lipinski definition) is 1. The first-order valence-electron chi connectivity index (χ1n) is 9.41. The molecule has 0 bridgehead atoms. The number of hydrogen-bond acceptors (Lipinski definition) is 6. The maximum Gasteiger partial charge on any atom is 0.286 e. The van der Waals surface area contributed by atoms with Gasteiger partial charge in [-0.05, 0) is 43.7 Å². The van der Waals surface area contributed by atoms with E-state index in [1.54, 1.807) is 37.3 Å². The third kappa shape index (κ3) is 5.43. The standard InChI is InChI=1S/C20H26N2O5S/c1-16-5-2-3-6-19(16)28(24,25)15-17-7-8-18(27-17)20(23)21-9-4-10-22-11-13-26-14-12-22/h2-3,5-8H,4,9-15H2,1H3,(H,21,23). The van der Waals surface area contributed by atoms with E-state index in [4.69, 9.17) is 9.15 Å². The van der Waals surface area contributed by atoms with Crippen molar-refractivity contribution in [2.45, 2.75) is 24.0 Å². The molecular weight excluding hydrogens is 380 g/mol. The van der Waals surface area contributed by atoms with E-state index in [1.165, 1.54) is 6.07 Å². The molecule has 0 unspecified atom stereocenters. The normalized spacial score (nSPS) is 15.5. The van der Waals surface area contributed by atoms with Crippen molar-refractivity contribution < 1.29 is 22.4 Å². The summed E-state index contributed by atoms with van der Waals surface area (Å²) in [6.07, 6.45) is 0.834. The molecule has 1 aromatic heterocycles. The van der Waals surface area contributed by atoms with E-state index in [0.717, 1.165) is 39.3 Å². The quantitative estimate of drug-likeness (QED) is 0.675. The predicted octanol–water partition coefficient (Wildman–Crippen LogP) is 2.01. The third-order valence-electron chi connectivity index (χ3n) is 4.69. The van der Waals surface area contributed by atoms with E-state index >= 15 is 0 Å². The molecule has 28 heavy (non-hydrogen) atoms. The first-order valence-corrected chi connectivity index (χ1v) is 11.1. The molecule has 1 aliphatic heterocycles. The maximum absolute atomic E-state index is 12.6. The molecule has 1 fully saturated rings. The number of furan rings is 1. The van der Waals surface area contributed by atoms with E-state index in [9.17, 15) is 13.2 Å². The highest BCUT2D eigenvalue weighted by atomic mass is 32.2. The van der Waals surface area contributed by atoms with Crippen LogP contribution in [0.25, 0.3) is 0 Å². The van der Waals surface area contributed by atoms with Crippen LogP contribution in [0.15, 0.2) is 45.7 Å². The molecule has 1 amide bonds. The van der Waals surface area contributed by atoms with Crippen LogP contribution in [0, 0.1) is 6.92 Å². The largest absolute Gasteiger partial charge is 0.455 e. The minimum Gasteiger partial charge on any atom is -0.455 e. The Morgan fingerprint density at radius 1 is 1.14 bits per heavy atom. The van der Waals surface area contributed by atoms with Gasteiger partial charge >= 0.3 is 0 Å². The Morgan fingerprint density at radius 3 is 2.64 bits per heavy atom. The number of nitrogens with one attached hydrogen (secondary N) is 1. The number of rotatable bonds is 8. The molecule has 3 rings (SSSR count). The fourth-order valence-corrected chi connectivity index (χ4v) is 4.69. The highest BCUT2D eigenvalue weighted by molar-refractivity contribution is 7.90. The van der Waals surface area contributed by atoms with Crippen molar-refractivity contribution in [1.82, 2.24) is 10.2 Å². The Labute approximate surface area is 165 Å². The second-order valence-electron chi connectivity index (χ2n) is 6.85. The van der Waals surface area contributed by atoms with Gasteiger partial charge in [0.15, 0.2) is 15.6 Å². The van der Waals surface area contributed by atoms with Gasteiger partial charge in [0, 0.05) is 19.6 Å². The Bertz CT molecular complexity index is 901. The predicted molar refractivity (Wildman–Crippen MR) is 105 cm³/mol. The van der Waals surface area contributed by atoms with E-state index < -0.39 is 9.84 Å². The van der Waals surface area contributed by atoms with Crippen molar-refractivity contribution in [2.75, 3.05) is 39.4 Å². The summed E-state index contributed by atoms with van der Waals surface area (Å²) < 4.78 is 36.0. The maximum atomic E-state index is 12.6. The van der Waals surface area contributed by atoms with Gasteiger partial charge in [-0.3, -0.25) is 9.69 Å². The summed E-state index contributed by atoms with van der Waals surface area (Å²) in [5, 5.41) is 2.82. The number of carbonyl (C=O) groups excluding carboxylic acids is 1. The lowest BCUT2D eigenvalue weighted by molar-refractivity contribution is 0.0374. The number of benzene rings is 1. The summed E-state index contributed by atoms with van der Waals surface area (Å²) in [6.45, 7) is 6.55. The molecule has 0 aliphatic carbocycles. The Kier molecular flexibility index (Phi) is 6.88. The van der Waals surface area contributed by atoms with E-state index in [0.29, 0.717) is 12.1 Å². The lowest BCUT2D eigenvalue weighted by Crippen LogP contribution is -2.38. The number of aryl methyl sites for hydroxylation is 1. The molecule has 0 spiro atoms. The molecule has 2 aromatic rings. The van der Waals surface area contributed by atoms with Crippen LogP contribution in [0.5, 0.6) is 0 Å². The summed E-state index contributed by atoms with van der Waals surface area (Å²) in [5.74, 6) is -0.230. The van der Waals surface area contributed by atoms with Crippen LogP contribution in [-0.2, 0) is 20.3 Å². The Hall–Kier alpha value is -2.16. The van der Waals surface area contributed by atoms with E-state index in [1.807, 2.05) is 0 Å². The van der Waals surface area contributed by atoms with E-state index in [2.05, 4.69) is 10.2 Å². The van der Waals surface area contributed by atoms with Crippen molar-refractivity contribution in [3.8, 4) is 0 Å². The van der Waals surface area contributed by atoms with Crippen molar-refractivity contribution in [3.63, 3.8) is 0 Å². The van der Waals surface area contributed by atoms with Gasteiger partial charge in [0.05, 0.1) is 18.1 Å². The molecule has 0 saturated carbocycles. The van der Waals surface area contributed by atoms with Crippen LogP contribution in [0.4, 0.5) is 0 Å². The van der Waals surface area contributed by atoms with Crippen molar-refractivity contribution in [3.05, 3.63) is 53.5 Å². The number of carbonyl (C=O) groups is 1. The second kappa shape index (κ2) is 9.36. The summed E-state index contributed by atoms with van der Waals surface area (Å²) in [6, 6.07) is 9.87. The number of ether oxygens (including phenoxy) is 1. The summed E-state index contributed by atoms with van der Waals surface area (Å²) in [5.41, 5.74) is 0.687. The summed E-state index contributed by atoms with van der Waals surface area (Å²) in [7, 11) is -3.53. The molecule has 7 nitrogen and oxygen atoms in total. The highest BCUT2D eigenvalue weighted by Crippen LogP contribution is 2.21. The zero-order valence-corrected chi connectivity index (χ0v) is 16.8. The van der Waals surface area contributed by atoms with Crippen LogP contribution in [0.3, 0.4) is 0 Å². The molecule has 1 aliphatic rings. The van der Waals surface area contributed by atoms with Gasteiger partial charge in [-0.25, -0.2) is 8.42 Å². The monoisotopic (exact) mass is 406 g/mol. The summed E-state index contributed by atoms with van der Waals surface area (Å²) >= 11 is 0.